The van der Waals surface area contributed by atoms with Gasteiger partial charge in [0.1, 0.15) is 0 Å². The van der Waals surface area contributed by atoms with Crippen molar-refractivity contribution >= 4 is 17.8 Å². The maximum Gasteiger partial charge on any atom is 0.404 e. The second-order valence-electron chi connectivity index (χ2n) is 2.65. The van der Waals surface area contributed by atoms with Crippen molar-refractivity contribution in [3.8, 4) is 0 Å². The van der Waals surface area contributed by atoms with Crippen molar-refractivity contribution in [1.82, 2.24) is 10.6 Å². The number of hydrogen-bond donors (Lipinski definition) is 3. The predicted octanol–water partition coefficient (Wildman–Crippen LogP) is -0.261. The van der Waals surface area contributed by atoms with E-state index in [-0.39, 0.29) is 31.2 Å². The Labute approximate surface area is 81.7 Å². The van der Waals surface area contributed by atoms with Crippen LogP contribution in [0.5, 0.6) is 0 Å². The highest BCUT2D eigenvalue weighted by Gasteiger charge is 2.04. The number of hydrogen-bond acceptors (Lipinski definition) is 3. The fourth-order valence-corrected chi connectivity index (χ4v) is 0.694. The first kappa shape index (κ1) is 12.4. The van der Waals surface area contributed by atoms with E-state index in [0.29, 0.717) is 6.42 Å². The Kier molecular flexibility index (Phi) is 6.09. The van der Waals surface area contributed by atoms with E-state index in [9.17, 15) is 14.4 Å². The van der Waals surface area contributed by atoms with Gasteiger partial charge in [0, 0.05) is 19.4 Å². The van der Waals surface area contributed by atoms with Gasteiger partial charge >= 0.3 is 6.09 Å². The molecule has 0 aliphatic rings. The monoisotopic (exact) mass is 202 g/mol. The highest BCUT2D eigenvalue weighted by Crippen LogP contribution is 1.81. The van der Waals surface area contributed by atoms with E-state index in [0.717, 1.165) is 0 Å². The van der Waals surface area contributed by atoms with E-state index in [4.69, 9.17) is 5.11 Å². The highest BCUT2D eigenvalue weighted by atomic mass is 16.4. The van der Waals surface area contributed by atoms with Crippen molar-refractivity contribution in [1.29, 1.82) is 0 Å². The molecule has 14 heavy (non-hydrogen) atoms. The summed E-state index contributed by atoms with van der Waals surface area (Å²) in [5.41, 5.74) is 0. The molecule has 0 atom stereocenters. The van der Waals surface area contributed by atoms with Crippen LogP contribution in [0.3, 0.4) is 0 Å². The first-order valence-electron chi connectivity index (χ1n) is 4.31. The molecule has 0 aliphatic heterocycles. The summed E-state index contributed by atoms with van der Waals surface area (Å²) in [5.74, 6) is -0.384. The SMILES string of the molecule is CCC(=O)CNC(=O)CCNC(=O)O. The van der Waals surface area contributed by atoms with E-state index in [1.807, 2.05) is 5.32 Å². The second kappa shape index (κ2) is 6.88. The fourth-order valence-electron chi connectivity index (χ4n) is 0.694. The topological polar surface area (TPSA) is 95.5 Å². The van der Waals surface area contributed by atoms with Crippen LogP contribution in [-0.4, -0.2) is 36.0 Å². The molecule has 3 N–H and O–H groups in total. The molecular weight excluding hydrogens is 188 g/mol. The van der Waals surface area contributed by atoms with Crippen molar-refractivity contribution in [3.63, 3.8) is 0 Å². The van der Waals surface area contributed by atoms with Gasteiger partial charge in [-0.2, -0.15) is 0 Å². The fraction of sp³-hybridized carbons (Fsp3) is 0.625. The molecule has 0 spiro atoms. The van der Waals surface area contributed by atoms with Crippen LogP contribution in [-0.2, 0) is 9.59 Å². The Balaban J connectivity index is 3.46. The van der Waals surface area contributed by atoms with Gasteiger partial charge in [0.15, 0.2) is 5.78 Å². The van der Waals surface area contributed by atoms with Gasteiger partial charge in [0.2, 0.25) is 5.91 Å². The van der Waals surface area contributed by atoms with Crippen LogP contribution in [0.2, 0.25) is 0 Å². The third-order valence-corrected chi connectivity index (χ3v) is 1.51. The molecule has 0 aromatic rings. The van der Waals surface area contributed by atoms with Crippen LogP contribution in [0.4, 0.5) is 4.79 Å². The minimum Gasteiger partial charge on any atom is -0.465 e. The molecule has 2 amide bonds. The summed E-state index contributed by atoms with van der Waals surface area (Å²) in [4.78, 5) is 31.7. The summed E-state index contributed by atoms with van der Waals surface area (Å²) in [6, 6.07) is 0. The van der Waals surface area contributed by atoms with Crippen molar-refractivity contribution in [2.24, 2.45) is 0 Å². The standard InChI is InChI=1S/C8H14N2O4/c1-2-6(11)5-10-7(12)3-4-9-8(13)14/h9H,2-5H2,1H3,(H,10,12)(H,13,14). The Bertz CT molecular complexity index is 227. The third kappa shape index (κ3) is 7.08. The first-order valence-corrected chi connectivity index (χ1v) is 4.31. The number of ketones is 1. The molecule has 0 aromatic heterocycles. The molecule has 0 saturated heterocycles. The van der Waals surface area contributed by atoms with Gasteiger partial charge in [0.25, 0.3) is 0 Å². The number of rotatable bonds is 6. The minimum absolute atomic E-state index is 0.0163. The summed E-state index contributed by atoms with van der Waals surface area (Å²) in [7, 11) is 0. The zero-order valence-electron chi connectivity index (χ0n) is 8.00. The third-order valence-electron chi connectivity index (χ3n) is 1.51. The molecule has 6 heteroatoms. The molecule has 80 valence electrons. The number of carbonyl (C=O) groups is 3. The molecule has 0 aliphatic carbocycles. The molecule has 0 fully saturated rings. The highest BCUT2D eigenvalue weighted by molar-refractivity contribution is 5.85. The summed E-state index contributed by atoms with van der Waals surface area (Å²) in [5, 5.41) is 12.6. The van der Waals surface area contributed by atoms with E-state index in [2.05, 4.69) is 5.32 Å². The summed E-state index contributed by atoms with van der Waals surface area (Å²) in [6.45, 7) is 1.78. The number of nitrogens with one attached hydrogen (secondary N) is 2. The first-order chi connectivity index (χ1) is 6.56. The van der Waals surface area contributed by atoms with E-state index >= 15 is 0 Å². The van der Waals surface area contributed by atoms with E-state index < -0.39 is 6.09 Å². The van der Waals surface area contributed by atoms with Gasteiger partial charge in [-0.1, -0.05) is 6.92 Å². The van der Waals surface area contributed by atoms with Crippen molar-refractivity contribution in [3.05, 3.63) is 0 Å². The number of carbonyl (C=O) groups excluding carboxylic acids is 2. The molecule has 0 radical (unpaired) electrons. The molecular formula is C8H14N2O4. The largest absolute Gasteiger partial charge is 0.465 e. The lowest BCUT2D eigenvalue weighted by Gasteiger charge is -2.03. The van der Waals surface area contributed by atoms with Gasteiger partial charge in [-0.05, 0) is 0 Å². The zero-order valence-corrected chi connectivity index (χ0v) is 8.00. The quantitative estimate of drug-likeness (QED) is 0.553. The van der Waals surface area contributed by atoms with Crippen LogP contribution in [0.1, 0.15) is 19.8 Å². The number of Topliss-reactive ketones (excluding diaryl/α,β-unsaturated/α-hetero) is 1. The Morgan fingerprint density at radius 2 is 1.86 bits per heavy atom. The predicted molar refractivity (Wildman–Crippen MR) is 49.0 cm³/mol. The molecule has 0 heterocycles. The lowest BCUT2D eigenvalue weighted by molar-refractivity contribution is -0.125. The summed E-state index contributed by atoms with van der Waals surface area (Å²) in [6.07, 6.45) is -0.737. The van der Waals surface area contributed by atoms with Crippen molar-refractivity contribution < 1.29 is 19.5 Å². The zero-order chi connectivity index (χ0) is 11.0. The van der Waals surface area contributed by atoms with Gasteiger partial charge < -0.3 is 15.7 Å². The summed E-state index contributed by atoms with van der Waals surface area (Å²) < 4.78 is 0. The molecule has 0 saturated carbocycles. The number of amides is 2. The molecule has 0 aromatic carbocycles. The maximum absolute atomic E-state index is 10.9. The number of carboxylic acid groups (broad SMARTS) is 1. The molecule has 0 rings (SSSR count). The normalized spacial score (nSPS) is 9.21. The molecule has 6 nitrogen and oxygen atoms in total. The van der Waals surface area contributed by atoms with Crippen molar-refractivity contribution in [2.75, 3.05) is 13.1 Å². The molecule has 0 unspecified atom stereocenters. The van der Waals surface area contributed by atoms with Crippen LogP contribution < -0.4 is 10.6 Å². The van der Waals surface area contributed by atoms with Crippen LogP contribution in [0.25, 0.3) is 0 Å². The van der Waals surface area contributed by atoms with Crippen molar-refractivity contribution in [2.45, 2.75) is 19.8 Å². The summed E-state index contributed by atoms with van der Waals surface area (Å²) >= 11 is 0. The van der Waals surface area contributed by atoms with Gasteiger partial charge in [0.05, 0.1) is 6.54 Å². The second-order valence-corrected chi connectivity index (χ2v) is 2.65. The Morgan fingerprint density at radius 3 is 2.36 bits per heavy atom. The maximum atomic E-state index is 10.9. The van der Waals surface area contributed by atoms with Gasteiger partial charge in [-0.25, -0.2) is 4.79 Å². The van der Waals surface area contributed by atoms with E-state index in [1.165, 1.54) is 0 Å². The van der Waals surface area contributed by atoms with Gasteiger partial charge in [-0.3, -0.25) is 9.59 Å². The minimum atomic E-state index is -1.16. The van der Waals surface area contributed by atoms with E-state index in [1.54, 1.807) is 6.92 Å². The van der Waals surface area contributed by atoms with Gasteiger partial charge in [-0.15, -0.1) is 0 Å². The smallest absolute Gasteiger partial charge is 0.404 e. The average Bonchev–Trinajstić information content (AvgIpc) is 2.13. The average molecular weight is 202 g/mol. The lowest BCUT2D eigenvalue weighted by Crippen LogP contribution is -2.32. The Morgan fingerprint density at radius 1 is 1.21 bits per heavy atom. The lowest BCUT2D eigenvalue weighted by atomic mass is 10.3. The molecule has 0 bridgehead atoms. The van der Waals surface area contributed by atoms with Crippen LogP contribution in [0, 0.1) is 0 Å². The van der Waals surface area contributed by atoms with Crippen LogP contribution in [0.15, 0.2) is 0 Å². The Hall–Kier alpha value is -1.59. The van der Waals surface area contributed by atoms with Crippen LogP contribution >= 0.6 is 0 Å².